The predicted octanol–water partition coefficient (Wildman–Crippen LogP) is 2.32. The second-order valence-corrected chi connectivity index (χ2v) is 7.50. The average molecular weight is 311 g/mol. The molecule has 1 aromatic heterocycles. The molecular formula is C14H17NO3S2. The quantitative estimate of drug-likeness (QED) is 0.860. The summed E-state index contributed by atoms with van der Waals surface area (Å²) in [6, 6.07) is 11.3. The Bertz CT molecular complexity index is 650. The third kappa shape index (κ3) is 3.67. The molecule has 0 radical (unpaired) electrons. The highest BCUT2D eigenvalue weighted by Crippen LogP contribution is 2.21. The van der Waals surface area contributed by atoms with Crippen molar-refractivity contribution in [3.05, 3.63) is 52.9 Å². The van der Waals surface area contributed by atoms with Gasteiger partial charge in [-0.1, -0.05) is 37.3 Å². The molecule has 0 aliphatic heterocycles. The van der Waals surface area contributed by atoms with Gasteiger partial charge in [0, 0.05) is 6.54 Å². The largest absolute Gasteiger partial charge is 0.392 e. The zero-order chi connectivity index (χ0) is 14.6. The molecule has 0 aliphatic rings. The molecule has 1 atom stereocenters. The normalized spacial score (nSPS) is 13.3. The SMILES string of the molecule is CC(CNS(=O)(=O)c1cc(CO)cs1)c1ccccc1. The predicted molar refractivity (Wildman–Crippen MR) is 80.3 cm³/mol. The number of sulfonamides is 1. The maximum absolute atomic E-state index is 12.1. The van der Waals surface area contributed by atoms with Gasteiger partial charge >= 0.3 is 0 Å². The summed E-state index contributed by atoms with van der Waals surface area (Å²) in [6.07, 6.45) is 0. The van der Waals surface area contributed by atoms with Crippen molar-refractivity contribution in [1.82, 2.24) is 4.72 Å². The first kappa shape index (κ1) is 15.2. The van der Waals surface area contributed by atoms with Gasteiger partial charge in [0.15, 0.2) is 0 Å². The smallest absolute Gasteiger partial charge is 0.250 e. The van der Waals surface area contributed by atoms with Gasteiger partial charge < -0.3 is 5.11 Å². The molecule has 0 amide bonds. The summed E-state index contributed by atoms with van der Waals surface area (Å²) in [6.45, 7) is 2.18. The molecule has 6 heteroatoms. The van der Waals surface area contributed by atoms with Crippen LogP contribution in [0.5, 0.6) is 0 Å². The van der Waals surface area contributed by atoms with Crippen LogP contribution in [0.25, 0.3) is 0 Å². The number of hydrogen-bond donors (Lipinski definition) is 2. The fourth-order valence-electron chi connectivity index (χ4n) is 1.78. The van der Waals surface area contributed by atoms with Crippen LogP contribution in [0, 0.1) is 0 Å². The van der Waals surface area contributed by atoms with Crippen molar-refractivity contribution >= 4 is 21.4 Å². The Morgan fingerprint density at radius 2 is 2.00 bits per heavy atom. The molecule has 0 saturated carbocycles. The third-order valence-corrected chi connectivity index (χ3v) is 5.94. The molecule has 2 rings (SSSR count). The van der Waals surface area contributed by atoms with Crippen LogP contribution in [0.3, 0.4) is 0 Å². The van der Waals surface area contributed by atoms with E-state index < -0.39 is 10.0 Å². The standard InChI is InChI=1S/C14H17NO3S2/c1-11(13-5-3-2-4-6-13)8-15-20(17,18)14-7-12(9-16)10-19-14/h2-7,10-11,15-16H,8-9H2,1H3. The third-order valence-electron chi connectivity index (χ3n) is 3.03. The molecule has 0 aliphatic carbocycles. The zero-order valence-corrected chi connectivity index (χ0v) is 12.7. The first-order chi connectivity index (χ1) is 9.53. The molecule has 2 N–H and O–H groups in total. The molecule has 1 heterocycles. The highest BCUT2D eigenvalue weighted by atomic mass is 32.2. The van der Waals surface area contributed by atoms with Gasteiger partial charge in [-0.2, -0.15) is 0 Å². The van der Waals surface area contributed by atoms with Gasteiger partial charge in [-0.3, -0.25) is 0 Å². The van der Waals surface area contributed by atoms with Gasteiger partial charge in [-0.15, -0.1) is 11.3 Å². The van der Waals surface area contributed by atoms with E-state index in [1.807, 2.05) is 37.3 Å². The number of rotatable bonds is 6. The lowest BCUT2D eigenvalue weighted by Crippen LogP contribution is -2.27. The van der Waals surface area contributed by atoms with Gasteiger partial charge in [0.2, 0.25) is 10.0 Å². The molecule has 0 bridgehead atoms. The number of thiophene rings is 1. The summed E-state index contributed by atoms with van der Waals surface area (Å²) in [4.78, 5) is 0. The Labute approximate surface area is 123 Å². The van der Waals surface area contributed by atoms with Crippen LogP contribution in [0.1, 0.15) is 24.0 Å². The molecule has 4 nitrogen and oxygen atoms in total. The van der Waals surface area contributed by atoms with Crippen molar-refractivity contribution in [1.29, 1.82) is 0 Å². The van der Waals surface area contributed by atoms with Crippen LogP contribution in [0.4, 0.5) is 0 Å². The van der Waals surface area contributed by atoms with E-state index in [4.69, 9.17) is 5.11 Å². The van der Waals surface area contributed by atoms with Crippen molar-refractivity contribution in [2.45, 2.75) is 23.7 Å². The minimum Gasteiger partial charge on any atom is -0.392 e. The number of benzene rings is 1. The van der Waals surface area contributed by atoms with E-state index in [-0.39, 0.29) is 16.7 Å². The van der Waals surface area contributed by atoms with E-state index in [0.29, 0.717) is 12.1 Å². The fourth-order valence-corrected chi connectivity index (χ4v) is 4.16. The molecule has 108 valence electrons. The van der Waals surface area contributed by atoms with Crippen LogP contribution >= 0.6 is 11.3 Å². The highest BCUT2D eigenvalue weighted by molar-refractivity contribution is 7.91. The fraction of sp³-hybridized carbons (Fsp3) is 0.286. The Morgan fingerprint density at radius 1 is 1.30 bits per heavy atom. The number of nitrogens with one attached hydrogen (secondary N) is 1. The number of aliphatic hydroxyl groups is 1. The lowest BCUT2D eigenvalue weighted by Gasteiger charge is -2.12. The number of hydrogen-bond acceptors (Lipinski definition) is 4. The Balaban J connectivity index is 2.02. The van der Waals surface area contributed by atoms with Crippen LogP contribution in [0.15, 0.2) is 46.0 Å². The minimum atomic E-state index is -3.50. The van der Waals surface area contributed by atoms with Crippen molar-refractivity contribution < 1.29 is 13.5 Å². The van der Waals surface area contributed by atoms with Crippen LogP contribution in [-0.4, -0.2) is 20.1 Å². The zero-order valence-electron chi connectivity index (χ0n) is 11.1. The molecule has 0 fully saturated rings. The highest BCUT2D eigenvalue weighted by Gasteiger charge is 2.17. The average Bonchev–Trinajstić information content (AvgIpc) is 2.95. The van der Waals surface area contributed by atoms with Gasteiger partial charge in [0.1, 0.15) is 4.21 Å². The van der Waals surface area contributed by atoms with Crippen molar-refractivity contribution in [2.75, 3.05) is 6.54 Å². The van der Waals surface area contributed by atoms with Gasteiger partial charge in [-0.05, 0) is 28.5 Å². The van der Waals surface area contributed by atoms with Crippen LogP contribution < -0.4 is 4.72 Å². The Hall–Kier alpha value is -1.21. The van der Waals surface area contributed by atoms with Gasteiger partial charge in [0.25, 0.3) is 0 Å². The molecule has 20 heavy (non-hydrogen) atoms. The monoisotopic (exact) mass is 311 g/mol. The van der Waals surface area contributed by atoms with E-state index in [0.717, 1.165) is 16.9 Å². The summed E-state index contributed by atoms with van der Waals surface area (Å²) in [5.74, 6) is 0.100. The first-order valence-corrected chi connectivity index (χ1v) is 8.62. The maximum atomic E-state index is 12.1. The molecule has 1 unspecified atom stereocenters. The summed E-state index contributed by atoms with van der Waals surface area (Å²) < 4.78 is 27.1. The summed E-state index contributed by atoms with van der Waals surface area (Å²) in [5, 5.41) is 10.6. The lowest BCUT2D eigenvalue weighted by atomic mass is 10.0. The summed E-state index contributed by atoms with van der Waals surface area (Å²) in [7, 11) is -3.50. The second kappa shape index (κ2) is 6.49. The first-order valence-electron chi connectivity index (χ1n) is 6.26. The lowest BCUT2D eigenvalue weighted by molar-refractivity contribution is 0.282. The summed E-state index contributed by atoms with van der Waals surface area (Å²) in [5.41, 5.74) is 1.71. The number of aliphatic hydroxyl groups excluding tert-OH is 1. The van der Waals surface area contributed by atoms with Crippen LogP contribution in [-0.2, 0) is 16.6 Å². The van der Waals surface area contributed by atoms with Gasteiger partial charge in [-0.25, -0.2) is 13.1 Å². The van der Waals surface area contributed by atoms with Crippen molar-refractivity contribution in [2.24, 2.45) is 0 Å². The summed E-state index contributed by atoms with van der Waals surface area (Å²) >= 11 is 1.12. The molecule has 0 saturated heterocycles. The van der Waals surface area contributed by atoms with E-state index in [1.165, 1.54) is 6.07 Å². The Morgan fingerprint density at radius 3 is 2.60 bits per heavy atom. The topological polar surface area (TPSA) is 66.4 Å². The van der Waals surface area contributed by atoms with Crippen LogP contribution in [0.2, 0.25) is 0 Å². The van der Waals surface area contributed by atoms with Gasteiger partial charge in [0.05, 0.1) is 6.61 Å². The van der Waals surface area contributed by atoms with E-state index >= 15 is 0 Å². The molecule has 2 aromatic rings. The minimum absolute atomic E-state index is 0.100. The van der Waals surface area contributed by atoms with E-state index in [9.17, 15) is 8.42 Å². The van der Waals surface area contributed by atoms with Crippen molar-refractivity contribution in [3.8, 4) is 0 Å². The van der Waals surface area contributed by atoms with E-state index in [2.05, 4.69) is 4.72 Å². The van der Waals surface area contributed by atoms with Crippen molar-refractivity contribution in [3.63, 3.8) is 0 Å². The van der Waals surface area contributed by atoms with E-state index in [1.54, 1.807) is 5.38 Å². The molecule has 1 aromatic carbocycles. The second-order valence-electron chi connectivity index (χ2n) is 4.60. The molecular weight excluding hydrogens is 294 g/mol. The molecule has 0 spiro atoms. The Kier molecular flexibility index (Phi) is 4.93. The maximum Gasteiger partial charge on any atom is 0.250 e.